The van der Waals surface area contributed by atoms with Gasteiger partial charge in [0, 0.05) is 13.0 Å². The average molecular weight is 262 g/mol. The highest BCUT2D eigenvalue weighted by Gasteiger charge is 2.19. The molecule has 0 aromatic heterocycles. The molecule has 0 amide bonds. The van der Waals surface area contributed by atoms with Crippen molar-refractivity contribution < 1.29 is 9.53 Å². The lowest BCUT2D eigenvalue weighted by molar-refractivity contribution is -0.130. The van der Waals surface area contributed by atoms with Gasteiger partial charge in [-0.25, -0.2) is 0 Å². The number of ketones is 1. The van der Waals surface area contributed by atoms with E-state index in [0.29, 0.717) is 18.9 Å². The van der Waals surface area contributed by atoms with Crippen LogP contribution in [-0.2, 0) is 16.0 Å². The van der Waals surface area contributed by atoms with Crippen molar-refractivity contribution >= 4 is 5.78 Å². The predicted octanol–water partition coefficient (Wildman–Crippen LogP) is 4.33. The smallest absolute Gasteiger partial charge is 0.165 e. The number of hydrogen-bond acceptors (Lipinski definition) is 2. The van der Waals surface area contributed by atoms with E-state index < -0.39 is 6.10 Å². The second-order valence-electron chi connectivity index (χ2n) is 5.41. The summed E-state index contributed by atoms with van der Waals surface area (Å²) in [5, 5.41) is 0. The van der Waals surface area contributed by atoms with E-state index in [1.807, 2.05) is 19.1 Å². The highest BCUT2D eigenvalue weighted by Crippen LogP contribution is 2.21. The maximum absolute atomic E-state index is 12.0. The first-order valence-electron chi connectivity index (χ1n) is 7.31. The Morgan fingerprint density at radius 1 is 1.16 bits per heavy atom. The summed E-state index contributed by atoms with van der Waals surface area (Å²) >= 11 is 0. The summed E-state index contributed by atoms with van der Waals surface area (Å²) in [5.41, 5.74) is 2.30. The van der Waals surface area contributed by atoms with Crippen molar-refractivity contribution in [3.8, 4) is 0 Å². The lowest BCUT2D eigenvalue weighted by Crippen LogP contribution is -2.15. The zero-order valence-corrected chi connectivity index (χ0v) is 12.6. The number of rotatable bonds is 8. The summed E-state index contributed by atoms with van der Waals surface area (Å²) in [7, 11) is 0. The molecule has 1 atom stereocenters. The number of Topliss-reactive ketones (excluding diaryl/α,β-unsaturated/α-hetero) is 1. The number of carbonyl (C=O) groups excluding carboxylic acids is 1. The van der Waals surface area contributed by atoms with Crippen LogP contribution in [0, 0.1) is 5.92 Å². The molecule has 19 heavy (non-hydrogen) atoms. The lowest BCUT2D eigenvalue weighted by Gasteiger charge is -2.17. The van der Waals surface area contributed by atoms with E-state index in [2.05, 4.69) is 32.9 Å². The first kappa shape index (κ1) is 15.9. The second-order valence-corrected chi connectivity index (χ2v) is 5.41. The molecule has 1 aromatic carbocycles. The molecule has 1 unspecified atom stereocenters. The minimum Gasteiger partial charge on any atom is -0.366 e. The molecular weight excluding hydrogens is 236 g/mol. The summed E-state index contributed by atoms with van der Waals surface area (Å²) in [5.74, 6) is 0.806. The SMILES string of the molecule is CCCOC(C(=O)CC)c1ccc(CC(C)C)cc1. The van der Waals surface area contributed by atoms with E-state index >= 15 is 0 Å². The zero-order chi connectivity index (χ0) is 14.3. The summed E-state index contributed by atoms with van der Waals surface area (Å²) in [6.45, 7) is 8.99. The molecule has 0 aliphatic carbocycles. The molecule has 2 nitrogen and oxygen atoms in total. The molecule has 106 valence electrons. The summed E-state index contributed by atoms with van der Waals surface area (Å²) in [4.78, 5) is 12.0. The second kappa shape index (κ2) is 8.11. The summed E-state index contributed by atoms with van der Waals surface area (Å²) in [6.07, 6.45) is 2.13. The zero-order valence-electron chi connectivity index (χ0n) is 12.6. The van der Waals surface area contributed by atoms with Crippen LogP contribution in [0.1, 0.15) is 57.8 Å². The van der Waals surface area contributed by atoms with Gasteiger partial charge in [-0.3, -0.25) is 4.79 Å². The van der Waals surface area contributed by atoms with Crippen LogP contribution < -0.4 is 0 Å². The Morgan fingerprint density at radius 3 is 2.26 bits per heavy atom. The molecule has 0 bridgehead atoms. The normalized spacial score (nSPS) is 12.7. The molecule has 2 heteroatoms. The number of benzene rings is 1. The standard InChI is InChI=1S/C17H26O2/c1-5-11-19-17(16(18)6-2)15-9-7-14(8-10-15)12-13(3)4/h7-10,13,17H,5-6,11-12H2,1-4H3. The van der Waals surface area contributed by atoms with Gasteiger partial charge in [-0.15, -0.1) is 0 Å². The Labute approximate surface area is 117 Å². The van der Waals surface area contributed by atoms with Gasteiger partial charge in [-0.1, -0.05) is 52.0 Å². The average Bonchev–Trinajstić information content (AvgIpc) is 2.40. The maximum atomic E-state index is 12.0. The van der Waals surface area contributed by atoms with E-state index in [4.69, 9.17) is 4.74 Å². The van der Waals surface area contributed by atoms with Crippen molar-refractivity contribution in [1.29, 1.82) is 0 Å². The van der Waals surface area contributed by atoms with Gasteiger partial charge < -0.3 is 4.74 Å². The largest absolute Gasteiger partial charge is 0.366 e. The van der Waals surface area contributed by atoms with Gasteiger partial charge in [-0.2, -0.15) is 0 Å². The molecule has 0 fully saturated rings. The maximum Gasteiger partial charge on any atom is 0.165 e. The first-order chi connectivity index (χ1) is 9.08. The first-order valence-corrected chi connectivity index (χ1v) is 7.31. The van der Waals surface area contributed by atoms with Gasteiger partial charge >= 0.3 is 0 Å². The Hall–Kier alpha value is -1.15. The Kier molecular flexibility index (Phi) is 6.79. The molecular formula is C17H26O2. The fraction of sp³-hybridized carbons (Fsp3) is 0.588. The van der Waals surface area contributed by atoms with E-state index in [1.54, 1.807) is 0 Å². The number of ether oxygens (including phenoxy) is 1. The van der Waals surface area contributed by atoms with Crippen LogP contribution in [0.25, 0.3) is 0 Å². The lowest BCUT2D eigenvalue weighted by atomic mass is 9.98. The van der Waals surface area contributed by atoms with Gasteiger partial charge in [-0.05, 0) is 29.9 Å². The molecule has 0 radical (unpaired) electrons. The van der Waals surface area contributed by atoms with Crippen LogP contribution in [0.15, 0.2) is 24.3 Å². The third-order valence-corrected chi connectivity index (χ3v) is 3.06. The van der Waals surface area contributed by atoms with Gasteiger partial charge in [0.1, 0.15) is 6.10 Å². The van der Waals surface area contributed by atoms with E-state index in [1.165, 1.54) is 5.56 Å². The van der Waals surface area contributed by atoms with Crippen LogP contribution in [-0.4, -0.2) is 12.4 Å². The van der Waals surface area contributed by atoms with Crippen LogP contribution in [0.2, 0.25) is 0 Å². The van der Waals surface area contributed by atoms with Crippen molar-refractivity contribution in [2.24, 2.45) is 5.92 Å². The van der Waals surface area contributed by atoms with Crippen molar-refractivity contribution in [3.05, 3.63) is 35.4 Å². The van der Waals surface area contributed by atoms with Gasteiger partial charge in [0.05, 0.1) is 0 Å². The third kappa shape index (κ3) is 5.15. The molecule has 0 spiro atoms. The molecule has 1 rings (SSSR count). The highest BCUT2D eigenvalue weighted by molar-refractivity contribution is 5.84. The van der Waals surface area contributed by atoms with Crippen LogP contribution in [0.3, 0.4) is 0 Å². The Bertz CT molecular complexity index is 379. The fourth-order valence-electron chi connectivity index (χ4n) is 2.10. The van der Waals surface area contributed by atoms with Gasteiger partial charge in [0.2, 0.25) is 0 Å². The molecule has 0 N–H and O–H groups in total. The van der Waals surface area contributed by atoms with Crippen molar-refractivity contribution in [2.75, 3.05) is 6.61 Å². The Balaban J connectivity index is 2.81. The number of hydrogen-bond donors (Lipinski definition) is 0. The molecule has 0 aliphatic heterocycles. The van der Waals surface area contributed by atoms with Gasteiger partial charge in [0.25, 0.3) is 0 Å². The monoisotopic (exact) mass is 262 g/mol. The predicted molar refractivity (Wildman–Crippen MR) is 79.3 cm³/mol. The molecule has 0 saturated heterocycles. The third-order valence-electron chi connectivity index (χ3n) is 3.06. The van der Waals surface area contributed by atoms with Crippen LogP contribution in [0.5, 0.6) is 0 Å². The fourth-order valence-corrected chi connectivity index (χ4v) is 2.10. The molecule has 1 aromatic rings. The summed E-state index contributed by atoms with van der Waals surface area (Å²) in [6, 6.07) is 8.29. The van der Waals surface area contributed by atoms with E-state index in [0.717, 1.165) is 18.4 Å². The Morgan fingerprint density at radius 2 is 1.79 bits per heavy atom. The van der Waals surface area contributed by atoms with E-state index in [9.17, 15) is 4.79 Å². The molecule has 0 heterocycles. The van der Waals surface area contributed by atoms with E-state index in [-0.39, 0.29) is 5.78 Å². The summed E-state index contributed by atoms with van der Waals surface area (Å²) < 4.78 is 5.70. The molecule has 0 aliphatic rings. The van der Waals surface area contributed by atoms with Crippen molar-refractivity contribution in [1.82, 2.24) is 0 Å². The highest BCUT2D eigenvalue weighted by atomic mass is 16.5. The van der Waals surface area contributed by atoms with Crippen molar-refractivity contribution in [3.63, 3.8) is 0 Å². The topological polar surface area (TPSA) is 26.3 Å². The molecule has 0 saturated carbocycles. The minimum absolute atomic E-state index is 0.157. The van der Waals surface area contributed by atoms with Crippen LogP contribution in [0.4, 0.5) is 0 Å². The number of carbonyl (C=O) groups is 1. The van der Waals surface area contributed by atoms with Crippen molar-refractivity contribution in [2.45, 2.75) is 53.1 Å². The van der Waals surface area contributed by atoms with Gasteiger partial charge in [0.15, 0.2) is 5.78 Å². The van der Waals surface area contributed by atoms with Crippen LogP contribution >= 0.6 is 0 Å². The minimum atomic E-state index is -0.391. The quantitative estimate of drug-likeness (QED) is 0.697.